The highest BCUT2D eigenvalue weighted by molar-refractivity contribution is 5.97. The van der Waals surface area contributed by atoms with Crippen molar-refractivity contribution in [1.29, 1.82) is 0 Å². The third kappa shape index (κ3) is 2.40. The van der Waals surface area contributed by atoms with Gasteiger partial charge in [0.2, 0.25) is 5.82 Å². The first-order chi connectivity index (χ1) is 10.1. The van der Waals surface area contributed by atoms with Crippen molar-refractivity contribution in [2.75, 3.05) is 0 Å². The van der Waals surface area contributed by atoms with Crippen LogP contribution >= 0.6 is 0 Å². The molecular formula is C12H12N6O3. The Balaban J connectivity index is 2.05. The molecule has 21 heavy (non-hydrogen) atoms. The largest absolute Gasteiger partial charge is 0.409 e. The number of oxime groups is 1. The predicted octanol–water partition coefficient (Wildman–Crippen LogP) is 1.15. The highest BCUT2D eigenvalue weighted by atomic mass is 16.6. The van der Waals surface area contributed by atoms with E-state index in [0.29, 0.717) is 5.92 Å². The second-order valence-electron chi connectivity index (χ2n) is 4.77. The monoisotopic (exact) mass is 288 g/mol. The SMILES string of the molecule is N/C(=N/O)c1cnc(-n2ccc(C3CC3)n2)c([N+](=O)[O-])c1. The second kappa shape index (κ2) is 4.85. The average molecular weight is 288 g/mol. The van der Waals surface area contributed by atoms with Gasteiger partial charge in [0.1, 0.15) is 0 Å². The van der Waals surface area contributed by atoms with Crippen LogP contribution in [-0.2, 0) is 0 Å². The normalized spacial score (nSPS) is 15.1. The van der Waals surface area contributed by atoms with Crippen molar-refractivity contribution in [3.63, 3.8) is 0 Å². The van der Waals surface area contributed by atoms with Crippen LogP contribution < -0.4 is 5.73 Å². The zero-order valence-corrected chi connectivity index (χ0v) is 10.9. The number of nitrogens with zero attached hydrogens (tertiary/aromatic N) is 5. The number of nitrogens with two attached hydrogens (primary N) is 1. The third-order valence-corrected chi connectivity index (χ3v) is 3.27. The van der Waals surface area contributed by atoms with E-state index in [-0.39, 0.29) is 22.9 Å². The van der Waals surface area contributed by atoms with Crippen molar-refractivity contribution in [2.45, 2.75) is 18.8 Å². The molecule has 0 saturated heterocycles. The first kappa shape index (κ1) is 13.0. The van der Waals surface area contributed by atoms with Gasteiger partial charge >= 0.3 is 5.69 Å². The zero-order valence-electron chi connectivity index (χ0n) is 10.9. The van der Waals surface area contributed by atoms with Gasteiger partial charge in [-0.3, -0.25) is 10.1 Å². The molecule has 0 aliphatic heterocycles. The van der Waals surface area contributed by atoms with Crippen LogP contribution in [-0.4, -0.2) is 30.7 Å². The molecule has 108 valence electrons. The lowest BCUT2D eigenvalue weighted by Gasteiger charge is -2.04. The van der Waals surface area contributed by atoms with Crippen molar-refractivity contribution in [1.82, 2.24) is 14.8 Å². The Morgan fingerprint density at radius 3 is 2.95 bits per heavy atom. The minimum Gasteiger partial charge on any atom is -0.409 e. The Labute approximate surface area is 118 Å². The van der Waals surface area contributed by atoms with Crippen molar-refractivity contribution in [3.8, 4) is 5.82 Å². The van der Waals surface area contributed by atoms with Crippen LogP contribution in [0, 0.1) is 10.1 Å². The van der Waals surface area contributed by atoms with E-state index in [9.17, 15) is 10.1 Å². The van der Waals surface area contributed by atoms with Crippen molar-refractivity contribution in [3.05, 3.63) is 45.9 Å². The van der Waals surface area contributed by atoms with Gasteiger partial charge in [0.25, 0.3) is 0 Å². The molecule has 1 saturated carbocycles. The van der Waals surface area contributed by atoms with Crippen LogP contribution in [0.2, 0.25) is 0 Å². The van der Waals surface area contributed by atoms with Gasteiger partial charge < -0.3 is 10.9 Å². The molecule has 1 fully saturated rings. The summed E-state index contributed by atoms with van der Waals surface area (Å²) in [5.41, 5.74) is 6.24. The number of aromatic nitrogens is 3. The Morgan fingerprint density at radius 2 is 2.33 bits per heavy atom. The third-order valence-electron chi connectivity index (χ3n) is 3.27. The van der Waals surface area contributed by atoms with Gasteiger partial charge in [-0.25, -0.2) is 9.67 Å². The van der Waals surface area contributed by atoms with Gasteiger partial charge in [-0.15, -0.1) is 0 Å². The van der Waals surface area contributed by atoms with E-state index >= 15 is 0 Å². The van der Waals surface area contributed by atoms with Crippen LogP contribution in [0.15, 0.2) is 29.7 Å². The summed E-state index contributed by atoms with van der Waals surface area (Å²) < 4.78 is 1.38. The van der Waals surface area contributed by atoms with Gasteiger partial charge in [-0.2, -0.15) is 5.10 Å². The lowest BCUT2D eigenvalue weighted by Crippen LogP contribution is -2.15. The van der Waals surface area contributed by atoms with Gasteiger partial charge in [0, 0.05) is 29.9 Å². The summed E-state index contributed by atoms with van der Waals surface area (Å²) in [6.07, 6.45) is 5.13. The Hall–Kier alpha value is -2.97. The number of hydrogen-bond acceptors (Lipinski definition) is 6. The van der Waals surface area contributed by atoms with Crippen molar-refractivity contribution >= 4 is 11.5 Å². The molecule has 2 heterocycles. The van der Waals surface area contributed by atoms with Crippen molar-refractivity contribution in [2.24, 2.45) is 10.9 Å². The fourth-order valence-corrected chi connectivity index (χ4v) is 2.01. The molecule has 3 rings (SSSR count). The molecule has 0 bridgehead atoms. The molecule has 1 aliphatic rings. The Bertz CT molecular complexity index is 734. The van der Waals surface area contributed by atoms with E-state index in [0.717, 1.165) is 18.5 Å². The molecule has 2 aromatic rings. The second-order valence-corrected chi connectivity index (χ2v) is 4.77. The van der Waals surface area contributed by atoms with Crippen LogP contribution in [0.25, 0.3) is 5.82 Å². The summed E-state index contributed by atoms with van der Waals surface area (Å²) in [4.78, 5) is 14.6. The first-order valence-corrected chi connectivity index (χ1v) is 6.28. The summed E-state index contributed by atoms with van der Waals surface area (Å²) in [5, 5.41) is 26.9. The summed E-state index contributed by atoms with van der Waals surface area (Å²) in [5.74, 6) is 0.305. The summed E-state index contributed by atoms with van der Waals surface area (Å²) in [6.45, 7) is 0. The highest BCUT2D eigenvalue weighted by Gasteiger charge is 2.27. The number of amidine groups is 1. The summed E-state index contributed by atoms with van der Waals surface area (Å²) in [7, 11) is 0. The lowest BCUT2D eigenvalue weighted by atomic mass is 10.2. The predicted molar refractivity (Wildman–Crippen MR) is 72.5 cm³/mol. The fourth-order valence-electron chi connectivity index (χ4n) is 2.01. The quantitative estimate of drug-likeness (QED) is 0.285. The molecule has 1 aliphatic carbocycles. The van der Waals surface area contributed by atoms with E-state index in [2.05, 4.69) is 15.2 Å². The first-order valence-electron chi connectivity index (χ1n) is 6.28. The number of hydrogen-bond donors (Lipinski definition) is 2. The number of pyridine rings is 1. The molecular weight excluding hydrogens is 276 g/mol. The molecule has 9 heteroatoms. The van der Waals surface area contributed by atoms with Crippen LogP contribution in [0.1, 0.15) is 30.0 Å². The van der Waals surface area contributed by atoms with E-state index < -0.39 is 4.92 Å². The molecule has 0 atom stereocenters. The molecule has 0 amide bonds. The summed E-state index contributed by atoms with van der Waals surface area (Å²) in [6, 6.07) is 3.04. The minimum absolute atomic E-state index is 0.0985. The van der Waals surface area contributed by atoms with Crippen LogP contribution in [0.4, 0.5) is 5.69 Å². The van der Waals surface area contributed by atoms with E-state index in [1.807, 2.05) is 6.07 Å². The standard InChI is InChI=1S/C12H12N6O3/c13-11(16-19)8-5-10(18(20)21)12(14-6-8)17-4-3-9(15-17)7-1-2-7/h3-7,19H,1-2H2,(H2,13,16). The average Bonchev–Trinajstić information content (AvgIpc) is 3.23. The maximum Gasteiger partial charge on any atom is 0.314 e. The van der Waals surface area contributed by atoms with Gasteiger partial charge in [-0.05, 0) is 18.9 Å². The Kier molecular flexibility index (Phi) is 3.01. The number of rotatable bonds is 4. The number of nitro groups is 1. The van der Waals surface area contributed by atoms with Crippen LogP contribution in [0.3, 0.4) is 0 Å². The van der Waals surface area contributed by atoms with E-state index in [4.69, 9.17) is 10.9 Å². The molecule has 0 unspecified atom stereocenters. The molecule has 2 aromatic heterocycles. The molecule has 9 nitrogen and oxygen atoms in total. The minimum atomic E-state index is -0.574. The van der Waals surface area contributed by atoms with Crippen LogP contribution in [0.5, 0.6) is 0 Å². The maximum absolute atomic E-state index is 11.2. The molecule has 0 spiro atoms. The van der Waals surface area contributed by atoms with Gasteiger partial charge in [0.05, 0.1) is 10.6 Å². The van der Waals surface area contributed by atoms with Gasteiger partial charge in [0.15, 0.2) is 5.84 Å². The topological polar surface area (TPSA) is 132 Å². The Morgan fingerprint density at radius 1 is 1.57 bits per heavy atom. The lowest BCUT2D eigenvalue weighted by molar-refractivity contribution is -0.384. The molecule has 3 N–H and O–H groups in total. The maximum atomic E-state index is 11.2. The molecule has 0 aromatic carbocycles. The molecule has 0 radical (unpaired) electrons. The van der Waals surface area contributed by atoms with E-state index in [1.165, 1.54) is 16.9 Å². The van der Waals surface area contributed by atoms with E-state index in [1.54, 1.807) is 6.20 Å². The van der Waals surface area contributed by atoms with Gasteiger partial charge in [-0.1, -0.05) is 5.16 Å². The smallest absolute Gasteiger partial charge is 0.314 e. The highest BCUT2D eigenvalue weighted by Crippen LogP contribution is 2.39. The fraction of sp³-hybridized carbons (Fsp3) is 0.250. The zero-order chi connectivity index (χ0) is 15.0. The van der Waals surface area contributed by atoms with Crippen molar-refractivity contribution < 1.29 is 10.1 Å². The summed E-state index contributed by atoms with van der Waals surface area (Å²) >= 11 is 0.